The van der Waals surface area contributed by atoms with E-state index in [0.29, 0.717) is 31.6 Å². The Kier molecular flexibility index (Phi) is 5.13. The summed E-state index contributed by atoms with van der Waals surface area (Å²) in [6, 6.07) is 8.21. The topological polar surface area (TPSA) is 111 Å². The van der Waals surface area contributed by atoms with Gasteiger partial charge in [0.25, 0.3) is 5.91 Å². The summed E-state index contributed by atoms with van der Waals surface area (Å²) in [4.78, 5) is 29.6. The van der Waals surface area contributed by atoms with Crippen molar-refractivity contribution in [2.45, 2.75) is 36.6 Å². The number of hydrogen-bond donors (Lipinski definition) is 2. The van der Waals surface area contributed by atoms with E-state index in [0.717, 1.165) is 36.2 Å². The number of piperazine rings is 1. The Hall–Kier alpha value is -2.98. The third kappa shape index (κ3) is 3.63. The van der Waals surface area contributed by atoms with Gasteiger partial charge in [0.1, 0.15) is 17.8 Å². The molecule has 3 aromatic rings. The van der Waals surface area contributed by atoms with Gasteiger partial charge >= 0.3 is 0 Å². The Balaban J connectivity index is 1.33. The number of nitrogens with one attached hydrogen (secondary N) is 2. The summed E-state index contributed by atoms with van der Waals surface area (Å²) in [7, 11) is -3.55. The van der Waals surface area contributed by atoms with Crippen molar-refractivity contribution >= 4 is 32.8 Å². The number of carbonyl (C=O) groups excluding carboxylic acids is 1. The van der Waals surface area contributed by atoms with Crippen LogP contribution in [-0.4, -0.2) is 65.9 Å². The number of sulfonamides is 1. The number of rotatable bonds is 6. The summed E-state index contributed by atoms with van der Waals surface area (Å²) >= 11 is 0. The molecular formula is C22H26N6O3S. The predicted octanol–water partition coefficient (Wildman–Crippen LogP) is 2.14. The lowest BCUT2D eigenvalue weighted by molar-refractivity contribution is 0.0624. The molecule has 1 aliphatic carbocycles. The zero-order valence-corrected chi connectivity index (χ0v) is 18.7. The molecule has 1 spiro atoms. The minimum Gasteiger partial charge on any atom is -0.352 e. The summed E-state index contributed by atoms with van der Waals surface area (Å²) in [5.74, 6) is 0.839. The highest BCUT2D eigenvalue weighted by Gasteiger charge is 2.53. The van der Waals surface area contributed by atoms with Gasteiger partial charge in [0.05, 0.1) is 15.8 Å². The van der Waals surface area contributed by atoms with Crippen LogP contribution in [0.15, 0.2) is 47.8 Å². The van der Waals surface area contributed by atoms with Crippen LogP contribution in [0.1, 0.15) is 36.5 Å². The molecule has 2 N–H and O–H groups in total. The van der Waals surface area contributed by atoms with Crippen LogP contribution in [0, 0.1) is 0 Å². The van der Waals surface area contributed by atoms with Crippen molar-refractivity contribution in [3.8, 4) is 0 Å². The maximum absolute atomic E-state index is 13.3. The van der Waals surface area contributed by atoms with Crippen molar-refractivity contribution < 1.29 is 13.2 Å². The second-order valence-electron chi connectivity index (χ2n) is 8.46. The van der Waals surface area contributed by atoms with Crippen molar-refractivity contribution in [3.63, 3.8) is 0 Å². The number of anilines is 1. The Morgan fingerprint density at radius 1 is 1.16 bits per heavy atom. The number of carbonyl (C=O) groups is 1. The summed E-state index contributed by atoms with van der Waals surface area (Å²) < 4.78 is 27.2. The SMILES string of the molecule is CCCNS(=O)(=O)c1ccc(C(=O)N2CCN(c3ncnc4[nH]ccc34)CC23CC3)cc1. The van der Waals surface area contributed by atoms with Gasteiger partial charge in [-0.15, -0.1) is 0 Å². The van der Waals surface area contributed by atoms with Gasteiger partial charge in [-0.3, -0.25) is 4.79 Å². The Morgan fingerprint density at radius 3 is 2.66 bits per heavy atom. The molecule has 1 amide bonds. The number of H-pyrrole nitrogens is 1. The van der Waals surface area contributed by atoms with Gasteiger partial charge in [0, 0.05) is 37.9 Å². The first-order valence-corrected chi connectivity index (χ1v) is 12.4. The van der Waals surface area contributed by atoms with Crippen LogP contribution in [-0.2, 0) is 10.0 Å². The first-order chi connectivity index (χ1) is 15.4. The Morgan fingerprint density at radius 2 is 1.94 bits per heavy atom. The van der Waals surface area contributed by atoms with E-state index in [4.69, 9.17) is 0 Å². The zero-order chi connectivity index (χ0) is 22.3. The van der Waals surface area contributed by atoms with Crippen LogP contribution in [0.3, 0.4) is 0 Å². The molecule has 0 bridgehead atoms. The molecule has 1 aromatic carbocycles. The minimum atomic E-state index is -3.55. The minimum absolute atomic E-state index is 0.0536. The average molecular weight is 455 g/mol. The lowest BCUT2D eigenvalue weighted by atomic mass is 10.1. The predicted molar refractivity (Wildman–Crippen MR) is 121 cm³/mol. The zero-order valence-electron chi connectivity index (χ0n) is 17.9. The number of aromatic nitrogens is 3. The second-order valence-corrected chi connectivity index (χ2v) is 10.2. The number of hydrogen-bond acceptors (Lipinski definition) is 6. The third-order valence-corrected chi connectivity index (χ3v) is 7.79. The van der Waals surface area contributed by atoms with E-state index in [-0.39, 0.29) is 16.3 Å². The van der Waals surface area contributed by atoms with Gasteiger partial charge in [0.2, 0.25) is 10.0 Å². The molecule has 10 heteroatoms. The lowest BCUT2D eigenvalue weighted by Gasteiger charge is -2.42. The van der Waals surface area contributed by atoms with E-state index < -0.39 is 10.0 Å². The van der Waals surface area contributed by atoms with Gasteiger partial charge in [-0.25, -0.2) is 23.1 Å². The molecule has 0 radical (unpaired) electrons. The largest absolute Gasteiger partial charge is 0.352 e. The Labute approximate surface area is 186 Å². The normalized spacial score (nSPS) is 17.8. The van der Waals surface area contributed by atoms with Crippen molar-refractivity contribution in [3.05, 3.63) is 48.4 Å². The molecule has 3 heterocycles. The van der Waals surface area contributed by atoms with Crippen LogP contribution >= 0.6 is 0 Å². The summed E-state index contributed by atoms with van der Waals surface area (Å²) in [5, 5.41) is 0.983. The first kappa shape index (κ1) is 20.9. The van der Waals surface area contributed by atoms with E-state index in [1.165, 1.54) is 12.1 Å². The maximum atomic E-state index is 13.3. The van der Waals surface area contributed by atoms with Crippen molar-refractivity contribution in [2.75, 3.05) is 31.1 Å². The molecular weight excluding hydrogens is 428 g/mol. The molecule has 168 valence electrons. The van der Waals surface area contributed by atoms with Crippen molar-refractivity contribution in [1.82, 2.24) is 24.6 Å². The number of benzene rings is 1. The maximum Gasteiger partial charge on any atom is 0.254 e. The second kappa shape index (κ2) is 7.86. The number of fused-ring (bicyclic) bond motifs is 1. The quantitative estimate of drug-likeness (QED) is 0.590. The molecule has 0 atom stereocenters. The fourth-order valence-electron chi connectivity index (χ4n) is 4.41. The van der Waals surface area contributed by atoms with Gasteiger partial charge in [-0.1, -0.05) is 6.92 Å². The van der Waals surface area contributed by atoms with Crippen molar-refractivity contribution in [1.29, 1.82) is 0 Å². The summed E-state index contributed by atoms with van der Waals surface area (Å²) in [5.41, 5.74) is 1.12. The molecule has 9 nitrogen and oxygen atoms in total. The van der Waals surface area contributed by atoms with Crippen LogP contribution in [0.4, 0.5) is 5.82 Å². The van der Waals surface area contributed by atoms with Gasteiger partial charge in [0.15, 0.2) is 0 Å². The molecule has 32 heavy (non-hydrogen) atoms. The van der Waals surface area contributed by atoms with Gasteiger partial charge in [-0.2, -0.15) is 0 Å². The van der Waals surface area contributed by atoms with E-state index in [9.17, 15) is 13.2 Å². The van der Waals surface area contributed by atoms with Crippen LogP contribution < -0.4 is 9.62 Å². The fraction of sp³-hybridized carbons (Fsp3) is 0.409. The van der Waals surface area contributed by atoms with E-state index in [1.54, 1.807) is 18.5 Å². The van der Waals surface area contributed by atoms with Gasteiger partial charge < -0.3 is 14.8 Å². The fourth-order valence-corrected chi connectivity index (χ4v) is 5.54. The first-order valence-electron chi connectivity index (χ1n) is 10.9. The number of amides is 1. The smallest absolute Gasteiger partial charge is 0.254 e. The van der Waals surface area contributed by atoms with E-state index >= 15 is 0 Å². The standard InChI is InChI=1S/C22H26N6O3S/c1-2-10-26-32(30,31)17-5-3-16(4-6-17)21(29)28-13-12-27(14-22(28)8-9-22)20-18-7-11-23-19(18)24-15-25-20/h3-7,11,15,26H,2,8-10,12-14H2,1H3,(H,23,24,25). The van der Waals surface area contributed by atoms with Gasteiger partial charge in [-0.05, 0) is 49.6 Å². The van der Waals surface area contributed by atoms with Crippen molar-refractivity contribution in [2.24, 2.45) is 0 Å². The van der Waals surface area contributed by atoms with E-state index in [1.807, 2.05) is 24.1 Å². The lowest BCUT2D eigenvalue weighted by Crippen LogP contribution is -2.57. The monoisotopic (exact) mass is 454 g/mol. The molecule has 2 aliphatic rings. The molecule has 1 saturated heterocycles. The highest BCUT2D eigenvalue weighted by atomic mass is 32.2. The molecule has 0 unspecified atom stereocenters. The van der Waals surface area contributed by atoms with E-state index in [2.05, 4.69) is 24.6 Å². The third-order valence-electron chi connectivity index (χ3n) is 6.31. The molecule has 1 saturated carbocycles. The van der Waals surface area contributed by atoms with Crippen LogP contribution in [0.25, 0.3) is 11.0 Å². The van der Waals surface area contributed by atoms with Crippen LogP contribution in [0.2, 0.25) is 0 Å². The number of aromatic amines is 1. The summed E-state index contributed by atoms with van der Waals surface area (Å²) in [6.07, 6.45) is 6.04. The number of nitrogens with zero attached hydrogens (tertiary/aromatic N) is 4. The van der Waals surface area contributed by atoms with Crippen LogP contribution in [0.5, 0.6) is 0 Å². The highest BCUT2D eigenvalue weighted by Crippen LogP contribution is 2.46. The molecule has 2 fully saturated rings. The molecule has 2 aromatic heterocycles. The Bertz CT molecular complexity index is 1250. The summed E-state index contributed by atoms with van der Waals surface area (Å²) in [6.45, 7) is 4.29. The molecule has 1 aliphatic heterocycles. The molecule has 5 rings (SSSR count). The average Bonchev–Trinajstić information content (AvgIpc) is 3.38. The highest BCUT2D eigenvalue weighted by molar-refractivity contribution is 7.89.